The van der Waals surface area contributed by atoms with E-state index in [1.54, 1.807) is 54.6 Å². The van der Waals surface area contributed by atoms with Crippen LogP contribution in [0.4, 0.5) is 0 Å². The minimum Gasteiger partial charge on any atom is -0.459 e. The van der Waals surface area contributed by atoms with Crippen molar-refractivity contribution in [1.82, 2.24) is 20.6 Å². The number of amides is 2. The molecule has 0 saturated heterocycles. The van der Waals surface area contributed by atoms with E-state index in [0.717, 1.165) is 4.68 Å². The Morgan fingerprint density at radius 1 is 0.821 bits per heavy atom. The van der Waals surface area contributed by atoms with E-state index in [2.05, 4.69) is 16.0 Å². The van der Waals surface area contributed by atoms with Gasteiger partial charge in [0.1, 0.15) is 0 Å². The summed E-state index contributed by atoms with van der Waals surface area (Å²) in [5, 5.41) is 4.94. The zero-order chi connectivity index (χ0) is 19.5. The molecule has 0 unspecified atom stereocenters. The summed E-state index contributed by atoms with van der Waals surface area (Å²) in [6.07, 6.45) is 1.35. The molecule has 138 valence electrons. The molecule has 0 aliphatic carbocycles. The smallest absolute Gasteiger partial charge is 0.305 e. The van der Waals surface area contributed by atoms with Crippen LogP contribution in [0.1, 0.15) is 21.0 Å². The predicted octanol–water partition coefficient (Wildman–Crippen LogP) is 2.05. The van der Waals surface area contributed by atoms with Gasteiger partial charge in [-0.1, -0.05) is 36.4 Å². The van der Waals surface area contributed by atoms with Gasteiger partial charge < -0.3 is 4.42 Å². The van der Waals surface area contributed by atoms with Gasteiger partial charge in [-0.3, -0.25) is 25.2 Å². The summed E-state index contributed by atoms with van der Waals surface area (Å²) in [5.41, 5.74) is 4.73. The molecule has 4 aromatic rings. The zero-order valence-corrected chi connectivity index (χ0v) is 14.5. The largest absolute Gasteiger partial charge is 0.459 e. The number of aromatic nitrogens is 2. The molecule has 8 nitrogen and oxygen atoms in total. The minimum absolute atomic E-state index is 0.00111. The van der Waals surface area contributed by atoms with Gasteiger partial charge in [0.25, 0.3) is 11.5 Å². The number of hydrazine groups is 1. The van der Waals surface area contributed by atoms with Crippen molar-refractivity contribution in [3.63, 3.8) is 0 Å². The highest BCUT2D eigenvalue weighted by Gasteiger charge is 2.18. The first-order valence-corrected chi connectivity index (χ1v) is 8.37. The lowest BCUT2D eigenvalue weighted by atomic mass is 10.1. The van der Waals surface area contributed by atoms with Crippen molar-refractivity contribution in [3.05, 3.63) is 94.8 Å². The maximum atomic E-state index is 12.8. The summed E-state index contributed by atoms with van der Waals surface area (Å²) in [5.74, 6) is -1.23. The van der Waals surface area contributed by atoms with Gasteiger partial charge in [-0.05, 0) is 30.3 Å². The molecule has 8 heteroatoms. The Labute approximate surface area is 158 Å². The van der Waals surface area contributed by atoms with Crippen molar-refractivity contribution >= 4 is 22.6 Å². The van der Waals surface area contributed by atoms with Gasteiger partial charge in [-0.25, -0.2) is 0 Å². The molecular weight excluding hydrogens is 360 g/mol. The van der Waals surface area contributed by atoms with Crippen molar-refractivity contribution in [3.8, 4) is 5.69 Å². The van der Waals surface area contributed by atoms with Crippen LogP contribution in [0.5, 0.6) is 0 Å². The number of benzene rings is 2. The summed E-state index contributed by atoms with van der Waals surface area (Å²) in [6.45, 7) is 0. The number of hydrogen-bond donors (Lipinski definition) is 2. The molecule has 0 atom stereocenters. The van der Waals surface area contributed by atoms with E-state index in [9.17, 15) is 14.4 Å². The fourth-order valence-corrected chi connectivity index (χ4v) is 2.74. The van der Waals surface area contributed by atoms with Crippen molar-refractivity contribution in [2.24, 2.45) is 0 Å². The Morgan fingerprint density at radius 2 is 1.50 bits per heavy atom. The number of furan rings is 1. The molecule has 0 spiro atoms. The molecular formula is C20H14N4O4. The molecule has 2 aromatic carbocycles. The van der Waals surface area contributed by atoms with Crippen LogP contribution in [0.3, 0.4) is 0 Å². The second-order valence-electron chi connectivity index (χ2n) is 5.83. The molecule has 28 heavy (non-hydrogen) atoms. The van der Waals surface area contributed by atoms with Crippen LogP contribution in [0.2, 0.25) is 0 Å². The first-order valence-electron chi connectivity index (χ1n) is 8.37. The maximum absolute atomic E-state index is 12.8. The summed E-state index contributed by atoms with van der Waals surface area (Å²) in [6, 6.07) is 18.4. The number of nitrogens with zero attached hydrogens (tertiary/aromatic N) is 2. The van der Waals surface area contributed by atoms with E-state index in [1.807, 2.05) is 6.07 Å². The van der Waals surface area contributed by atoms with E-state index in [0.29, 0.717) is 16.5 Å². The summed E-state index contributed by atoms with van der Waals surface area (Å²) in [4.78, 5) is 37.5. The quantitative estimate of drug-likeness (QED) is 0.534. The number of hydrogen-bond acceptors (Lipinski definition) is 5. The van der Waals surface area contributed by atoms with Crippen LogP contribution < -0.4 is 16.4 Å². The molecule has 0 radical (unpaired) electrons. The molecule has 4 rings (SSSR count). The second kappa shape index (κ2) is 7.20. The van der Waals surface area contributed by atoms with E-state index >= 15 is 0 Å². The van der Waals surface area contributed by atoms with Crippen LogP contribution in [0.15, 0.2) is 82.2 Å². The molecule has 0 saturated carbocycles. The minimum atomic E-state index is -0.666. The molecule has 0 bridgehead atoms. The maximum Gasteiger partial charge on any atom is 0.305 e. The lowest BCUT2D eigenvalue weighted by Crippen LogP contribution is -2.42. The Balaban J connectivity index is 1.73. The van der Waals surface area contributed by atoms with Crippen LogP contribution in [-0.2, 0) is 0 Å². The van der Waals surface area contributed by atoms with Gasteiger partial charge in [0.2, 0.25) is 0 Å². The zero-order valence-electron chi connectivity index (χ0n) is 14.5. The molecule has 2 heterocycles. The van der Waals surface area contributed by atoms with Gasteiger partial charge in [-0.2, -0.15) is 9.78 Å². The van der Waals surface area contributed by atoms with Crippen LogP contribution in [0.25, 0.3) is 16.5 Å². The normalized spacial score (nSPS) is 10.6. The molecule has 0 fully saturated rings. The van der Waals surface area contributed by atoms with Crippen molar-refractivity contribution in [1.29, 1.82) is 0 Å². The van der Waals surface area contributed by atoms with Crippen molar-refractivity contribution in [2.45, 2.75) is 0 Å². The van der Waals surface area contributed by atoms with Crippen LogP contribution >= 0.6 is 0 Å². The first-order chi connectivity index (χ1) is 13.6. The van der Waals surface area contributed by atoms with E-state index in [4.69, 9.17) is 4.42 Å². The predicted molar refractivity (Wildman–Crippen MR) is 101 cm³/mol. The number of carbonyl (C=O) groups excluding carboxylic acids is 2. The van der Waals surface area contributed by atoms with Gasteiger partial charge in [-0.15, -0.1) is 0 Å². The Morgan fingerprint density at radius 3 is 2.21 bits per heavy atom. The molecule has 2 aromatic heterocycles. The standard InChI is InChI=1S/C20H14N4O4/c25-18(16-11-6-12-28-16)21-22-19(26)17-14-9-4-5-10-15(14)20(27)24(23-17)13-7-2-1-3-8-13/h1-12H,(H,21,25)(H,22,26). The summed E-state index contributed by atoms with van der Waals surface area (Å²) < 4.78 is 6.13. The first kappa shape index (κ1) is 17.2. The third kappa shape index (κ3) is 3.14. The number of fused-ring (bicyclic) bond motifs is 1. The topological polar surface area (TPSA) is 106 Å². The van der Waals surface area contributed by atoms with Gasteiger partial charge in [0.05, 0.1) is 17.3 Å². The Bertz CT molecular complexity index is 1210. The van der Waals surface area contributed by atoms with Crippen LogP contribution in [-0.4, -0.2) is 21.6 Å². The third-order valence-electron chi connectivity index (χ3n) is 4.06. The molecule has 0 aliphatic rings. The average Bonchev–Trinajstić information content (AvgIpc) is 3.28. The highest BCUT2D eigenvalue weighted by Crippen LogP contribution is 2.15. The van der Waals surface area contributed by atoms with Gasteiger partial charge >= 0.3 is 5.91 Å². The summed E-state index contributed by atoms with van der Waals surface area (Å²) in [7, 11) is 0. The van der Waals surface area contributed by atoms with Crippen LogP contribution in [0, 0.1) is 0 Å². The van der Waals surface area contributed by atoms with Crippen molar-refractivity contribution < 1.29 is 14.0 Å². The van der Waals surface area contributed by atoms with E-state index in [1.165, 1.54) is 12.3 Å². The Kier molecular flexibility index (Phi) is 4.43. The number of para-hydroxylation sites is 1. The third-order valence-corrected chi connectivity index (χ3v) is 4.06. The highest BCUT2D eigenvalue weighted by atomic mass is 16.3. The molecule has 2 amide bonds. The van der Waals surface area contributed by atoms with Gasteiger partial charge in [0, 0.05) is 5.39 Å². The number of nitrogens with one attached hydrogen (secondary N) is 2. The second-order valence-corrected chi connectivity index (χ2v) is 5.83. The van der Waals surface area contributed by atoms with Gasteiger partial charge in [0.15, 0.2) is 11.5 Å². The fourth-order valence-electron chi connectivity index (χ4n) is 2.74. The van der Waals surface area contributed by atoms with E-state index in [-0.39, 0.29) is 17.0 Å². The summed E-state index contributed by atoms with van der Waals surface area (Å²) >= 11 is 0. The molecule has 0 aliphatic heterocycles. The fraction of sp³-hybridized carbons (Fsp3) is 0. The lowest BCUT2D eigenvalue weighted by molar-refractivity contribution is 0.0828. The van der Waals surface area contributed by atoms with Crippen molar-refractivity contribution in [2.75, 3.05) is 0 Å². The lowest BCUT2D eigenvalue weighted by Gasteiger charge is -2.11. The Hall–Kier alpha value is -4.20. The average molecular weight is 374 g/mol. The molecule has 2 N–H and O–H groups in total. The SMILES string of the molecule is O=C(NNC(=O)c1nn(-c2ccccc2)c(=O)c2ccccc12)c1ccco1. The monoisotopic (exact) mass is 374 g/mol. The highest BCUT2D eigenvalue weighted by molar-refractivity contribution is 6.05. The van der Waals surface area contributed by atoms with E-state index < -0.39 is 11.8 Å². The number of carbonyl (C=O) groups is 2. The number of rotatable bonds is 3.